The molecule has 6 heteroatoms. The lowest BCUT2D eigenvalue weighted by Crippen LogP contribution is -2.55. The number of amides is 2. The first-order valence-electron chi connectivity index (χ1n) is 11.8. The summed E-state index contributed by atoms with van der Waals surface area (Å²) in [5.74, 6) is -0.659. The van der Waals surface area contributed by atoms with E-state index in [4.69, 9.17) is 0 Å². The summed E-state index contributed by atoms with van der Waals surface area (Å²) >= 11 is 0. The first-order chi connectivity index (χ1) is 15.7. The van der Waals surface area contributed by atoms with E-state index in [-0.39, 0.29) is 11.8 Å². The average molecular weight is 435 g/mol. The van der Waals surface area contributed by atoms with Gasteiger partial charge in [-0.2, -0.15) is 0 Å². The van der Waals surface area contributed by atoms with Crippen LogP contribution in [0.1, 0.15) is 24.0 Å². The summed E-state index contributed by atoms with van der Waals surface area (Å²) in [6, 6.07) is 21.2. The number of carbonyl (C=O) groups excluding carboxylic acids is 2. The molecule has 2 amide bonds. The van der Waals surface area contributed by atoms with E-state index >= 15 is 0 Å². The minimum absolute atomic E-state index is 0.330. The molecule has 3 heterocycles. The van der Waals surface area contributed by atoms with Crippen molar-refractivity contribution in [1.82, 2.24) is 19.6 Å². The fraction of sp³-hybridized carbons (Fsp3) is 0.462. The zero-order valence-electron chi connectivity index (χ0n) is 18.9. The van der Waals surface area contributed by atoms with E-state index in [2.05, 4.69) is 70.5 Å². The Bertz CT molecular complexity index is 800. The number of rotatable bonds is 4. The van der Waals surface area contributed by atoms with E-state index in [0.717, 1.165) is 52.1 Å². The minimum Gasteiger partial charge on any atom is -0.333 e. The van der Waals surface area contributed by atoms with Gasteiger partial charge in [-0.1, -0.05) is 60.7 Å². The van der Waals surface area contributed by atoms with Gasteiger partial charge < -0.3 is 9.80 Å². The van der Waals surface area contributed by atoms with E-state index in [1.165, 1.54) is 11.1 Å². The van der Waals surface area contributed by atoms with Gasteiger partial charge in [-0.15, -0.1) is 0 Å². The zero-order chi connectivity index (χ0) is 22.2. The van der Waals surface area contributed by atoms with E-state index < -0.39 is 0 Å². The number of hydrogen-bond acceptors (Lipinski definition) is 4. The molecular weight excluding hydrogens is 400 g/mol. The Hall–Kier alpha value is -2.70. The van der Waals surface area contributed by atoms with Gasteiger partial charge in [0.25, 0.3) is 0 Å². The third kappa shape index (κ3) is 6.17. The van der Waals surface area contributed by atoms with Crippen LogP contribution in [0.4, 0.5) is 0 Å². The van der Waals surface area contributed by atoms with Crippen LogP contribution >= 0.6 is 0 Å². The van der Waals surface area contributed by atoms with Crippen LogP contribution in [0.5, 0.6) is 0 Å². The molecule has 2 aromatic rings. The van der Waals surface area contributed by atoms with Crippen molar-refractivity contribution < 1.29 is 9.59 Å². The third-order valence-corrected chi connectivity index (χ3v) is 6.43. The van der Waals surface area contributed by atoms with Crippen molar-refractivity contribution in [2.75, 3.05) is 52.4 Å². The monoisotopic (exact) mass is 434 g/mol. The summed E-state index contributed by atoms with van der Waals surface area (Å²) < 4.78 is 0. The number of nitrogens with zero attached hydrogens (tertiary/aromatic N) is 4. The molecule has 2 bridgehead atoms. The average Bonchev–Trinajstić information content (AvgIpc) is 2.82. The van der Waals surface area contributed by atoms with Crippen LogP contribution in [0, 0.1) is 0 Å². The molecule has 0 aromatic heterocycles. The highest BCUT2D eigenvalue weighted by molar-refractivity contribution is 6.35. The first-order valence-corrected chi connectivity index (χ1v) is 11.8. The quantitative estimate of drug-likeness (QED) is 0.694. The standard InChI is InChI=1S/C26H34N4O2/c31-25-26(32)30-16-8-14-28(22-24-11-5-2-6-12-24)18-17-27(13-7-15-29(25)19-20-30)21-23-9-3-1-4-10-23/h1-6,9-12H,7-8,13-22H2. The fourth-order valence-electron chi connectivity index (χ4n) is 4.62. The molecule has 170 valence electrons. The molecule has 3 fully saturated rings. The molecular formula is C26H34N4O2. The third-order valence-electron chi connectivity index (χ3n) is 6.43. The van der Waals surface area contributed by atoms with Crippen LogP contribution in [0.2, 0.25) is 0 Å². The molecule has 2 aromatic carbocycles. The van der Waals surface area contributed by atoms with Gasteiger partial charge in [0, 0.05) is 65.4 Å². The Labute approximate surface area is 191 Å². The Morgan fingerprint density at radius 1 is 0.500 bits per heavy atom. The highest BCUT2D eigenvalue weighted by atomic mass is 16.2. The second-order valence-electron chi connectivity index (χ2n) is 8.82. The Morgan fingerprint density at radius 3 is 1.31 bits per heavy atom. The van der Waals surface area contributed by atoms with Gasteiger partial charge >= 0.3 is 11.8 Å². The van der Waals surface area contributed by atoms with E-state index in [1.54, 1.807) is 9.80 Å². The highest BCUT2D eigenvalue weighted by Gasteiger charge is 2.32. The highest BCUT2D eigenvalue weighted by Crippen LogP contribution is 2.12. The van der Waals surface area contributed by atoms with Crippen molar-refractivity contribution in [3.63, 3.8) is 0 Å². The summed E-state index contributed by atoms with van der Waals surface area (Å²) in [7, 11) is 0. The molecule has 0 radical (unpaired) electrons. The van der Waals surface area contributed by atoms with Crippen molar-refractivity contribution >= 4 is 11.8 Å². The molecule has 0 N–H and O–H groups in total. The van der Waals surface area contributed by atoms with Gasteiger partial charge in [-0.3, -0.25) is 19.4 Å². The summed E-state index contributed by atoms with van der Waals surface area (Å²) in [5.41, 5.74) is 2.62. The topological polar surface area (TPSA) is 47.1 Å². The van der Waals surface area contributed by atoms with Crippen LogP contribution < -0.4 is 0 Å². The van der Waals surface area contributed by atoms with Crippen LogP contribution in [0.25, 0.3) is 0 Å². The Morgan fingerprint density at radius 2 is 0.906 bits per heavy atom. The fourth-order valence-corrected chi connectivity index (χ4v) is 4.62. The maximum absolute atomic E-state index is 12.6. The zero-order valence-corrected chi connectivity index (χ0v) is 18.9. The first kappa shape index (κ1) is 22.5. The normalized spacial score (nSPS) is 19.9. The van der Waals surface area contributed by atoms with Gasteiger partial charge in [-0.05, 0) is 24.0 Å². The van der Waals surface area contributed by atoms with Gasteiger partial charge in [-0.25, -0.2) is 0 Å². The second kappa shape index (κ2) is 11.2. The lowest BCUT2D eigenvalue weighted by atomic mass is 10.1. The lowest BCUT2D eigenvalue weighted by molar-refractivity contribution is -0.156. The predicted molar refractivity (Wildman–Crippen MR) is 126 cm³/mol. The van der Waals surface area contributed by atoms with Gasteiger partial charge in [0.1, 0.15) is 0 Å². The van der Waals surface area contributed by atoms with Crippen molar-refractivity contribution in [2.45, 2.75) is 25.9 Å². The summed E-state index contributed by atoms with van der Waals surface area (Å²) in [4.78, 5) is 33.6. The molecule has 3 saturated heterocycles. The number of hydrogen-bond donors (Lipinski definition) is 0. The van der Waals surface area contributed by atoms with Crippen molar-refractivity contribution in [1.29, 1.82) is 0 Å². The number of fused-ring (bicyclic) bond motifs is 11. The van der Waals surface area contributed by atoms with Gasteiger partial charge in [0.15, 0.2) is 0 Å². The van der Waals surface area contributed by atoms with E-state index in [1.807, 2.05) is 0 Å². The number of piperazine rings is 1. The molecule has 32 heavy (non-hydrogen) atoms. The molecule has 3 aliphatic rings. The Kier molecular flexibility index (Phi) is 7.91. The smallest absolute Gasteiger partial charge is 0.312 e. The van der Waals surface area contributed by atoms with E-state index in [9.17, 15) is 9.59 Å². The maximum Gasteiger partial charge on any atom is 0.312 e. The van der Waals surface area contributed by atoms with Crippen molar-refractivity contribution in [3.8, 4) is 0 Å². The number of benzene rings is 2. The predicted octanol–water partition coefficient (Wildman–Crippen LogP) is 2.46. The lowest BCUT2D eigenvalue weighted by Gasteiger charge is -2.35. The molecule has 0 aliphatic carbocycles. The molecule has 6 nitrogen and oxygen atoms in total. The minimum atomic E-state index is -0.330. The molecule has 0 spiro atoms. The molecule has 5 rings (SSSR count). The van der Waals surface area contributed by atoms with Crippen LogP contribution in [0.15, 0.2) is 60.7 Å². The van der Waals surface area contributed by atoms with Crippen molar-refractivity contribution in [3.05, 3.63) is 71.8 Å². The number of carbonyl (C=O) groups is 2. The van der Waals surface area contributed by atoms with Crippen LogP contribution in [-0.2, 0) is 22.7 Å². The van der Waals surface area contributed by atoms with Gasteiger partial charge in [0.05, 0.1) is 0 Å². The van der Waals surface area contributed by atoms with Crippen molar-refractivity contribution in [2.24, 2.45) is 0 Å². The summed E-state index contributed by atoms with van der Waals surface area (Å²) in [6.45, 7) is 8.20. The molecule has 0 atom stereocenters. The molecule has 3 aliphatic heterocycles. The summed E-state index contributed by atoms with van der Waals surface area (Å²) in [5, 5.41) is 0. The van der Waals surface area contributed by atoms with Crippen LogP contribution in [-0.4, -0.2) is 83.8 Å². The maximum atomic E-state index is 12.6. The van der Waals surface area contributed by atoms with E-state index in [0.29, 0.717) is 26.2 Å². The van der Waals surface area contributed by atoms with Crippen LogP contribution in [0.3, 0.4) is 0 Å². The van der Waals surface area contributed by atoms with Gasteiger partial charge in [0.2, 0.25) is 0 Å². The molecule has 0 saturated carbocycles. The molecule has 0 unspecified atom stereocenters. The SMILES string of the molecule is O=C1C(=O)N2CCCN(Cc3ccccc3)CCN(Cc3ccccc3)CCCN1CC2. The largest absolute Gasteiger partial charge is 0.333 e. The Balaban J connectivity index is 1.47. The second-order valence-corrected chi connectivity index (χ2v) is 8.82. The summed E-state index contributed by atoms with van der Waals surface area (Å²) in [6.07, 6.45) is 1.76.